The molecule has 1 aliphatic carbocycles. The summed E-state index contributed by atoms with van der Waals surface area (Å²) in [7, 11) is 0. The molecule has 1 amide bonds. The molecule has 1 aromatic rings. The highest BCUT2D eigenvalue weighted by Gasteiger charge is 2.24. The van der Waals surface area contributed by atoms with Crippen LogP contribution in [0.2, 0.25) is 5.02 Å². The quantitative estimate of drug-likeness (QED) is 0.870. The van der Waals surface area contributed by atoms with Crippen molar-refractivity contribution >= 4 is 23.7 Å². The summed E-state index contributed by atoms with van der Waals surface area (Å²) in [4.78, 5) is 23.2. The van der Waals surface area contributed by atoms with Crippen molar-refractivity contribution in [3.63, 3.8) is 0 Å². The number of amides is 1. The zero-order chi connectivity index (χ0) is 15.9. The topological polar surface area (TPSA) is 75.6 Å². The largest absolute Gasteiger partial charge is 0.480 e. The Kier molecular flexibility index (Phi) is 6.07. The summed E-state index contributed by atoms with van der Waals surface area (Å²) in [5, 5.41) is 12.2. The highest BCUT2D eigenvalue weighted by atomic mass is 35.5. The van der Waals surface area contributed by atoms with E-state index in [0.717, 1.165) is 37.7 Å². The smallest absolute Gasteiger partial charge is 0.408 e. The first kappa shape index (κ1) is 16.6. The number of nitrogens with one attached hydrogen (secondary N) is 1. The normalized spacial score (nSPS) is 16.8. The van der Waals surface area contributed by atoms with Crippen LogP contribution in [0.1, 0.15) is 37.7 Å². The van der Waals surface area contributed by atoms with E-state index in [4.69, 9.17) is 16.3 Å². The minimum atomic E-state index is -1.10. The average Bonchev–Trinajstić information content (AvgIpc) is 2.47. The first-order chi connectivity index (χ1) is 10.5. The molecular formula is C16H20ClNO4. The monoisotopic (exact) mass is 325 g/mol. The van der Waals surface area contributed by atoms with Gasteiger partial charge in [-0.05, 0) is 43.4 Å². The number of carboxylic acids is 1. The Morgan fingerprint density at radius 2 is 2.05 bits per heavy atom. The summed E-state index contributed by atoms with van der Waals surface area (Å²) in [5.74, 6) is -1.10. The lowest BCUT2D eigenvalue weighted by Crippen LogP contribution is -2.43. The van der Waals surface area contributed by atoms with Crippen molar-refractivity contribution in [2.75, 3.05) is 0 Å². The molecule has 1 atom stereocenters. The van der Waals surface area contributed by atoms with Gasteiger partial charge < -0.3 is 15.2 Å². The molecule has 0 saturated heterocycles. The van der Waals surface area contributed by atoms with Gasteiger partial charge in [0.05, 0.1) is 0 Å². The van der Waals surface area contributed by atoms with Crippen LogP contribution in [0, 0.1) is 0 Å². The van der Waals surface area contributed by atoms with Gasteiger partial charge in [-0.25, -0.2) is 9.59 Å². The summed E-state index contributed by atoms with van der Waals surface area (Å²) < 4.78 is 5.29. The molecule has 0 aromatic heterocycles. The number of hydrogen-bond acceptors (Lipinski definition) is 3. The van der Waals surface area contributed by atoms with Gasteiger partial charge in [-0.1, -0.05) is 30.2 Å². The standard InChI is InChI=1S/C16H20ClNO4/c17-12-6-4-5-11(9-12)10-14(15(19)20)18-16(21)22-13-7-2-1-3-8-13/h4-6,9,13-14H,1-3,7-8,10H2,(H,18,21)(H,19,20)/t14-/m1/s1. The molecule has 0 bridgehead atoms. The molecule has 0 heterocycles. The third-order valence-electron chi connectivity index (χ3n) is 3.74. The molecule has 1 aliphatic rings. The number of carboxylic acid groups (broad SMARTS) is 1. The predicted octanol–water partition coefficient (Wildman–Crippen LogP) is 3.39. The average molecular weight is 326 g/mol. The number of halogens is 1. The van der Waals surface area contributed by atoms with E-state index in [1.54, 1.807) is 24.3 Å². The van der Waals surface area contributed by atoms with Gasteiger partial charge in [0.25, 0.3) is 0 Å². The maximum Gasteiger partial charge on any atom is 0.408 e. The number of ether oxygens (including phenoxy) is 1. The van der Waals surface area contributed by atoms with Crippen LogP contribution in [0.15, 0.2) is 24.3 Å². The molecule has 5 nitrogen and oxygen atoms in total. The highest BCUT2D eigenvalue weighted by molar-refractivity contribution is 6.30. The lowest BCUT2D eigenvalue weighted by Gasteiger charge is -2.23. The van der Waals surface area contributed by atoms with Crippen molar-refractivity contribution in [3.05, 3.63) is 34.9 Å². The SMILES string of the molecule is O=C(N[C@H](Cc1cccc(Cl)c1)C(=O)O)OC1CCCCC1. The maximum absolute atomic E-state index is 11.9. The zero-order valence-corrected chi connectivity index (χ0v) is 13.0. The van der Waals surface area contributed by atoms with Gasteiger partial charge in [-0.2, -0.15) is 0 Å². The Morgan fingerprint density at radius 3 is 2.68 bits per heavy atom. The summed E-state index contributed by atoms with van der Waals surface area (Å²) in [6, 6.07) is 5.89. The second-order valence-electron chi connectivity index (χ2n) is 5.53. The van der Waals surface area contributed by atoms with E-state index in [0.29, 0.717) is 5.02 Å². The van der Waals surface area contributed by atoms with Crippen LogP contribution < -0.4 is 5.32 Å². The van der Waals surface area contributed by atoms with Gasteiger partial charge in [0.1, 0.15) is 12.1 Å². The first-order valence-corrected chi connectivity index (χ1v) is 7.87. The van der Waals surface area contributed by atoms with Gasteiger partial charge in [-0.3, -0.25) is 0 Å². The molecule has 6 heteroatoms. The summed E-state index contributed by atoms with van der Waals surface area (Å²) in [6.07, 6.45) is 4.34. The Labute approximate surface area is 134 Å². The van der Waals surface area contributed by atoms with Crippen molar-refractivity contribution in [3.8, 4) is 0 Å². The van der Waals surface area contributed by atoms with Crippen LogP contribution >= 0.6 is 11.6 Å². The molecule has 1 fully saturated rings. The predicted molar refractivity (Wildman–Crippen MR) is 83.1 cm³/mol. The maximum atomic E-state index is 11.9. The minimum Gasteiger partial charge on any atom is -0.480 e. The van der Waals surface area contributed by atoms with Gasteiger partial charge in [0.15, 0.2) is 0 Å². The number of benzene rings is 1. The van der Waals surface area contributed by atoms with E-state index < -0.39 is 18.1 Å². The van der Waals surface area contributed by atoms with Crippen LogP contribution in [-0.2, 0) is 16.0 Å². The van der Waals surface area contributed by atoms with E-state index in [-0.39, 0.29) is 12.5 Å². The Hall–Kier alpha value is -1.75. The molecule has 1 saturated carbocycles. The zero-order valence-electron chi connectivity index (χ0n) is 12.3. The van der Waals surface area contributed by atoms with Crippen LogP contribution in [0.3, 0.4) is 0 Å². The molecule has 1 aromatic carbocycles. The minimum absolute atomic E-state index is 0.102. The van der Waals surface area contributed by atoms with E-state index in [1.165, 1.54) is 0 Å². The van der Waals surface area contributed by atoms with Crippen LogP contribution in [0.5, 0.6) is 0 Å². The molecule has 0 spiro atoms. The molecule has 22 heavy (non-hydrogen) atoms. The number of rotatable bonds is 5. The molecule has 120 valence electrons. The lowest BCUT2D eigenvalue weighted by molar-refractivity contribution is -0.139. The fraction of sp³-hybridized carbons (Fsp3) is 0.500. The highest BCUT2D eigenvalue weighted by Crippen LogP contribution is 2.20. The number of aliphatic carboxylic acids is 1. The molecular weight excluding hydrogens is 306 g/mol. The summed E-state index contributed by atoms with van der Waals surface area (Å²) in [5.41, 5.74) is 0.748. The number of alkyl carbamates (subject to hydrolysis) is 1. The summed E-state index contributed by atoms with van der Waals surface area (Å²) >= 11 is 5.88. The number of carbonyl (C=O) groups is 2. The van der Waals surface area contributed by atoms with Crippen LogP contribution in [0.4, 0.5) is 4.79 Å². The van der Waals surface area contributed by atoms with Gasteiger partial charge in [0, 0.05) is 11.4 Å². The summed E-state index contributed by atoms with van der Waals surface area (Å²) in [6.45, 7) is 0. The van der Waals surface area contributed by atoms with Crippen molar-refractivity contribution in [2.24, 2.45) is 0 Å². The van der Waals surface area contributed by atoms with Crippen molar-refractivity contribution in [2.45, 2.75) is 50.7 Å². The first-order valence-electron chi connectivity index (χ1n) is 7.49. The van der Waals surface area contributed by atoms with Crippen molar-refractivity contribution in [1.82, 2.24) is 5.32 Å². The molecule has 2 N–H and O–H groups in total. The second-order valence-corrected chi connectivity index (χ2v) is 5.97. The van der Waals surface area contributed by atoms with Gasteiger partial charge in [-0.15, -0.1) is 0 Å². The molecule has 0 aliphatic heterocycles. The number of carbonyl (C=O) groups excluding carboxylic acids is 1. The fourth-order valence-electron chi connectivity index (χ4n) is 2.61. The fourth-order valence-corrected chi connectivity index (χ4v) is 2.82. The Bertz CT molecular complexity index is 529. The van der Waals surface area contributed by atoms with E-state index in [9.17, 15) is 14.7 Å². The Morgan fingerprint density at radius 1 is 1.32 bits per heavy atom. The van der Waals surface area contributed by atoms with E-state index in [1.807, 2.05) is 0 Å². The number of hydrogen-bond donors (Lipinski definition) is 2. The Balaban J connectivity index is 1.90. The second kappa shape index (κ2) is 8.03. The molecule has 2 rings (SSSR count). The molecule has 0 unspecified atom stereocenters. The van der Waals surface area contributed by atoms with Crippen LogP contribution in [-0.4, -0.2) is 29.3 Å². The van der Waals surface area contributed by atoms with Crippen LogP contribution in [0.25, 0.3) is 0 Å². The van der Waals surface area contributed by atoms with Gasteiger partial charge in [0.2, 0.25) is 0 Å². The van der Waals surface area contributed by atoms with Gasteiger partial charge >= 0.3 is 12.1 Å². The third kappa shape index (κ3) is 5.22. The molecule has 0 radical (unpaired) electrons. The van der Waals surface area contributed by atoms with E-state index in [2.05, 4.69) is 5.32 Å². The van der Waals surface area contributed by atoms with Crippen molar-refractivity contribution < 1.29 is 19.4 Å². The lowest BCUT2D eigenvalue weighted by atomic mass is 9.98. The van der Waals surface area contributed by atoms with Crippen molar-refractivity contribution in [1.29, 1.82) is 0 Å². The third-order valence-corrected chi connectivity index (χ3v) is 3.98. The van der Waals surface area contributed by atoms with E-state index >= 15 is 0 Å².